The van der Waals surface area contributed by atoms with Gasteiger partial charge in [0, 0.05) is 35.8 Å². The Balaban J connectivity index is 2.11. The first-order valence-electron chi connectivity index (χ1n) is 5.79. The molecule has 1 aromatic carbocycles. The summed E-state index contributed by atoms with van der Waals surface area (Å²) in [4.78, 5) is 2.47. The van der Waals surface area contributed by atoms with E-state index >= 15 is 0 Å². The molecule has 0 aliphatic carbocycles. The van der Waals surface area contributed by atoms with E-state index < -0.39 is 0 Å². The average molecular weight is 236 g/mol. The van der Waals surface area contributed by atoms with Crippen LogP contribution in [0.1, 0.15) is 19.4 Å². The highest BCUT2D eigenvalue weighted by Crippen LogP contribution is 2.32. The summed E-state index contributed by atoms with van der Waals surface area (Å²) in [6.07, 6.45) is 0. The van der Waals surface area contributed by atoms with Crippen molar-refractivity contribution >= 4 is 17.4 Å². The van der Waals surface area contributed by atoms with Gasteiger partial charge in [0.2, 0.25) is 0 Å². The van der Waals surface area contributed by atoms with Gasteiger partial charge in [0.15, 0.2) is 0 Å². The molecule has 16 heavy (non-hydrogen) atoms. The highest BCUT2D eigenvalue weighted by atomic mass is 32.2. The highest BCUT2D eigenvalue weighted by Gasteiger charge is 2.26. The van der Waals surface area contributed by atoms with E-state index in [0.29, 0.717) is 11.3 Å². The molecule has 1 fully saturated rings. The van der Waals surface area contributed by atoms with Crippen LogP contribution < -0.4 is 10.6 Å². The van der Waals surface area contributed by atoms with Crippen molar-refractivity contribution in [1.29, 1.82) is 0 Å². The molecule has 0 radical (unpaired) electrons. The fourth-order valence-corrected chi connectivity index (χ4v) is 3.19. The van der Waals surface area contributed by atoms with Gasteiger partial charge in [-0.2, -0.15) is 11.8 Å². The molecule has 0 amide bonds. The molecule has 2 nitrogen and oxygen atoms in total. The van der Waals surface area contributed by atoms with Crippen LogP contribution >= 0.6 is 11.8 Å². The molecule has 0 atom stereocenters. The average Bonchev–Trinajstić information content (AvgIpc) is 2.28. The number of thioether (sulfide) groups is 1. The van der Waals surface area contributed by atoms with Gasteiger partial charge in [-0.1, -0.05) is 12.1 Å². The van der Waals surface area contributed by atoms with Crippen LogP contribution in [0.15, 0.2) is 24.3 Å². The molecule has 2 N–H and O–H groups in total. The first-order chi connectivity index (χ1) is 7.61. The summed E-state index contributed by atoms with van der Waals surface area (Å²) in [5.74, 6) is 1.21. The van der Waals surface area contributed by atoms with Crippen LogP contribution in [-0.4, -0.2) is 23.6 Å². The van der Waals surface area contributed by atoms with Crippen LogP contribution in [0.3, 0.4) is 0 Å². The molecule has 0 bridgehead atoms. The third kappa shape index (κ3) is 2.71. The summed E-state index contributed by atoms with van der Waals surface area (Å²) in [5, 5.41) is 0. The molecule has 1 saturated heterocycles. The molecule has 0 aromatic heterocycles. The first kappa shape index (κ1) is 11.8. The lowest BCUT2D eigenvalue weighted by Crippen LogP contribution is -2.43. The summed E-state index contributed by atoms with van der Waals surface area (Å²) < 4.78 is 0.366. The topological polar surface area (TPSA) is 29.3 Å². The van der Waals surface area contributed by atoms with Crippen molar-refractivity contribution in [2.75, 3.05) is 23.7 Å². The number of rotatable bonds is 2. The van der Waals surface area contributed by atoms with Crippen molar-refractivity contribution < 1.29 is 0 Å². The lowest BCUT2D eigenvalue weighted by atomic mass is 10.1. The fourth-order valence-electron chi connectivity index (χ4n) is 2.08. The molecule has 0 spiro atoms. The van der Waals surface area contributed by atoms with Gasteiger partial charge in [-0.25, -0.2) is 0 Å². The molecule has 0 saturated carbocycles. The van der Waals surface area contributed by atoms with E-state index in [1.165, 1.54) is 17.0 Å². The third-order valence-electron chi connectivity index (χ3n) is 2.96. The summed E-state index contributed by atoms with van der Waals surface area (Å²) in [5.41, 5.74) is 8.13. The summed E-state index contributed by atoms with van der Waals surface area (Å²) in [6, 6.07) is 8.64. The van der Waals surface area contributed by atoms with Crippen molar-refractivity contribution in [1.82, 2.24) is 0 Å². The van der Waals surface area contributed by atoms with Gasteiger partial charge in [0.1, 0.15) is 0 Å². The van der Waals surface area contributed by atoms with Gasteiger partial charge in [-0.3, -0.25) is 0 Å². The SMILES string of the molecule is CC1(C)CN(c2ccc(CN)cc2)CCS1. The van der Waals surface area contributed by atoms with Crippen LogP contribution in [0.2, 0.25) is 0 Å². The fraction of sp³-hybridized carbons (Fsp3) is 0.538. The van der Waals surface area contributed by atoms with E-state index in [1.807, 2.05) is 0 Å². The quantitative estimate of drug-likeness (QED) is 0.855. The Kier molecular flexibility index (Phi) is 3.45. The Hall–Kier alpha value is -0.670. The summed E-state index contributed by atoms with van der Waals surface area (Å²) >= 11 is 2.06. The zero-order valence-corrected chi connectivity index (χ0v) is 10.9. The molecule has 1 aliphatic rings. The van der Waals surface area contributed by atoms with Crippen LogP contribution in [0.4, 0.5) is 5.69 Å². The zero-order chi connectivity index (χ0) is 11.6. The number of benzene rings is 1. The van der Waals surface area contributed by atoms with Crippen molar-refractivity contribution in [3.8, 4) is 0 Å². The predicted molar refractivity (Wildman–Crippen MR) is 73.1 cm³/mol. The van der Waals surface area contributed by atoms with E-state index in [2.05, 4.69) is 54.8 Å². The minimum Gasteiger partial charge on any atom is -0.369 e. The molecular formula is C13H20N2S. The van der Waals surface area contributed by atoms with Gasteiger partial charge < -0.3 is 10.6 Å². The molecule has 88 valence electrons. The minimum atomic E-state index is 0.366. The number of hydrogen-bond donors (Lipinski definition) is 1. The minimum absolute atomic E-state index is 0.366. The molecular weight excluding hydrogens is 216 g/mol. The van der Waals surface area contributed by atoms with E-state index in [4.69, 9.17) is 5.73 Å². The third-order valence-corrected chi connectivity index (χ3v) is 4.26. The molecule has 3 heteroatoms. The number of nitrogens with two attached hydrogens (primary N) is 1. The lowest BCUT2D eigenvalue weighted by Gasteiger charge is -2.39. The molecule has 1 aliphatic heterocycles. The zero-order valence-electron chi connectivity index (χ0n) is 10.1. The Morgan fingerprint density at radius 2 is 2.00 bits per heavy atom. The monoisotopic (exact) mass is 236 g/mol. The van der Waals surface area contributed by atoms with Crippen LogP contribution in [0.25, 0.3) is 0 Å². The molecule has 2 rings (SSSR count). The van der Waals surface area contributed by atoms with Crippen LogP contribution in [-0.2, 0) is 6.54 Å². The van der Waals surface area contributed by atoms with Gasteiger partial charge >= 0.3 is 0 Å². The lowest BCUT2D eigenvalue weighted by molar-refractivity contribution is 0.647. The van der Waals surface area contributed by atoms with Crippen molar-refractivity contribution in [2.45, 2.75) is 25.1 Å². The van der Waals surface area contributed by atoms with Crippen LogP contribution in [0, 0.1) is 0 Å². The van der Waals surface area contributed by atoms with Crippen molar-refractivity contribution in [3.05, 3.63) is 29.8 Å². The second-order valence-corrected chi connectivity index (χ2v) is 6.70. The van der Waals surface area contributed by atoms with E-state index in [0.717, 1.165) is 13.1 Å². The van der Waals surface area contributed by atoms with Crippen LogP contribution in [0.5, 0.6) is 0 Å². The van der Waals surface area contributed by atoms with E-state index in [9.17, 15) is 0 Å². The predicted octanol–water partition coefficient (Wildman–Crippen LogP) is 2.48. The van der Waals surface area contributed by atoms with Gasteiger partial charge in [-0.15, -0.1) is 0 Å². The normalized spacial score (nSPS) is 19.8. The van der Waals surface area contributed by atoms with Crippen molar-refractivity contribution in [2.24, 2.45) is 5.73 Å². The highest BCUT2D eigenvalue weighted by molar-refractivity contribution is 8.00. The number of hydrogen-bond acceptors (Lipinski definition) is 3. The maximum Gasteiger partial charge on any atom is 0.0367 e. The standard InChI is InChI=1S/C13H20N2S/c1-13(2)10-15(7-8-16-13)12-5-3-11(9-14)4-6-12/h3-6H,7-10,14H2,1-2H3. The summed E-state index contributed by atoms with van der Waals surface area (Å²) in [6.45, 7) is 7.54. The Labute approximate surface area is 102 Å². The Morgan fingerprint density at radius 1 is 1.31 bits per heavy atom. The maximum absolute atomic E-state index is 5.60. The maximum atomic E-state index is 5.60. The second-order valence-electron chi connectivity index (χ2n) is 4.90. The Bertz CT molecular complexity index is 345. The van der Waals surface area contributed by atoms with Crippen molar-refractivity contribution in [3.63, 3.8) is 0 Å². The summed E-state index contributed by atoms with van der Waals surface area (Å²) in [7, 11) is 0. The van der Waals surface area contributed by atoms with Gasteiger partial charge in [0.05, 0.1) is 0 Å². The first-order valence-corrected chi connectivity index (χ1v) is 6.77. The van der Waals surface area contributed by atoms with E-state index in [-0.39, 0.29) is 0 Å². The second kappa shape index (κ2) is 4.68. The Morgan fingerprint density at radius 3 is 2.56 bits per heavy atom. The molecule has 1 aromatic rings. The van der Waals surface area contributed by atoms with E-state index in [1.54, 1.807) is 0 Å². The molecule has 1 heterocycles. The smallest absolute Gasteiger partial charge is 0.0367 e. The number of anilines is 1. The van der Waals surface area contributed by atoms with Gasteiger partial charge in [-0.05, 0) is 31.5 Å². The largest absolute Gasteiger partial charge is 0.369 e. The number of nitrogens with zero attached hydrogens (tertiary/aromatic N) is 1. The van der Waals surface area contributed by atoms with Gasteiger partial charge in [0.25, 0.3) is 0 Å². The molecule has 0 unspecified atom stereocenters.